The minimum absolute atomic E-state index is 0.448. The van der Waals surface area contributed by atoms with Gasteiger partial charge < -0.3 is 11.1 Å². The van der Waals surface area contributed by atoms with E-state index in [9.17, 15) is 0 Å². The maximum absolute atomic E-state index is 6.11. The number of rotatable bonds is 2. The van der Waals surface area contributed by atoms with Gasteiger partial charge in [-0.1, -0.05) is 23.2 Å². The van der Waals surface area contributed by atoms with Gasteiger partial charge in [0.05, 0.1) is 33.3 Å². The highest BCUT2D eigenvalue weighted by Gasteiger charge is 2.08. The zero-order valence-electron chi connectivity index (χ0n) is 8.55. The molecule has 2 rings (SSSR count). The molecule has 0 amide bonds. The Kier molecular flexibility index (Phi) is 3.76. The van der Waals surface area contributed by atoms with Gasteiger partial charge >= 0.3 is 0 Å². The molecule has 0 aliphatic heterocycles. The molecule has 0 bridgehead atoms. The van der Waals surface area contributed by atoms with Crippen LogP contribution in [0.2, 0.25) is 10.0 Å². The largest absolute Gasteiger partial charge is 0.397 e. The first-order chi connectivity index (χ1) is 8.08. The number of pyridine rings is 1. The summed E-state index contributed by atoms with van der Waals surface area (Å²) in [6, 6.07) is 5.40. The summed E-state index contributed by atoms with van der Waals surface area (Å²) in [4.78, 5) is 3.98. The third-order valence-electron chi connectivity index (χ3n) is 2.07. The van der Waals surface area contributed by atoms with Crippen molar-refractivity contribution in [3.8, 4) is 0 Å². The normalized spacial score (nSPS) is 10.3. The molecular formula is C11H8BrCl2N3. The average Bonchev–Trinajstić information content (AvgIpc) is 2.30. The van der Waals surface area contributed by atoms with E-state index in [2.05, 4.69) is 26.2 Å². The molecule has 88 valence electrons. The lowest BCUT2D eigenvalue weighted by Crippen LogP contribution is -1.94. The topological polar surface area (TPSA) is 50.9 Å². The van der Waals surface area contributed by atoms with Gasteiger partial charge in [-0.2, -0.15) is 0 Å². The molecule has 17 heavy (non-hydrogen) atoms. The lowest BCUT2D eigenvalue weighted by atomic mass is 10.3. The fourth-order valence-electron chi connectivity index (χ4n) is 1.30. The number of halogens is 3. The third-order valence-corrected chi connectivity index (χ3v) is 3.84. The van der Waals surface area contributed by atoms with Crippen LogP contribution in [0.5, 0.6) is 0 Å². The van der Waals surface area contributed by atoms with E-state index in [1.807, 2.05) is 12.1 Å². The summed E-state index contributed by atoms with van der Waals surface area (Å²) in [6.07, 6.45) is 3.23. The first-order valence-electron chi connectivity index (χ1n) is 4.69. The summed E-state index contributed by atoms with van der Waals surface area (Å²) in [5, 5.41) is 4.02. The maximum atomic E-state index is 6.11. The lowest BCUT2D eigenvalue weighted by molar-refractivity contribution is 1.32. The van der Waals surface area contributed by atoms with Crippen molar-refractivity contribution in [1.29, 1.82) is 0 Å². The molecule has 6 heteroatoms. The summed E-state index contributed by atoms with van der Waals surface area (Å²) in [5.74, 6) is 0. The van der Waals surface area contributed by atoms with Crippen LogP contribution < -0.4 is 11.1 Å². The highest BCUT2D eigenvalue weighted by Crippen LogP contribution is 2.37. The van der Waals surface area contributed by atoms with Crippen LogP contribution in [-0.2, 0) is 0 Å². The molecule has 0 aliphatic carbocycles. The van der Waals surface area contributed by atoms with Crippen LogP contribution in [0, 0.1) is 0 Å². The highest BCUT2D eigenvalue weighted by molar-refractivity contribution is 9.10. The molecule has 0 spiro atoms. The molecule has 0 unspecified atom stereocenters. The van der Waals surface area contributed by atoms with E-state index in [0.29, 0.717) is 21.4 Å². The standard InChI is InChI=1S/C11H8BrCl2N3/c12-8-1-2-9(11(14)10(8)13)17-7-3-6(15)4-16-5-7/h1-5,17H,15H2. The van der Waals surface area contributed by atoms with E-state index >= 15 is 0 Å². The Morgan fingerprint density at radius 3 is 2.65 bits per heavy atom. The second-order valence-corrected chi connectivity index (χ2v) is 4.97. The number of benzene rings is 1. The number of nitrogens with one attached hydrogen (secondary N) is 1. The Morgan fingerprint density at radius 2 is 1.94 bits per heavy atom. The Hall–Kier alpha value is -0.970. The fourth-order valence-corrected chi connectivity index (χ4v) is 2.13. The van der Waals surface area contributed by atoms with Gasteiger partial charge in [-0.15, -0.1) is 0 Å². The summed E-state index contributed by atoms with van der Waals surface area (Å²) in [7, 11) is 0. The molecule has 0 radical (unpaired) electrons. The van der Waals surface area contributed by atoms with E-state index < -0.39 is 0 Å². The minimum Gasteiger partial charge on any atom is -0.397 e. The SMILES string of the molecule is Nc1cncc(Nc2ccc(Br)c(Cl)c2Cl)c1. The van der Waals surface area contributed by atoms with E-state index in [1.165, 1.54) is 0 Å². The van der Waals surface area contributed by atoms with Crippen LogP contribution in [0.1, 0.15) is 0 Å². The molecule has 0 fully saturated rings. The van der Waals surface area contributed by atoms with E-state index in [0.717, 1.165) is 10.2 Å². The van der Waals surface area contributed by atoms with Gasteiger partial charge in [-0.3, -0.25) is 4.98 Å². The van der Waals surface area contributed by atoms with Crippen molar-refractivity contribution in [2.24, 2.45) is 0 Å². The predicted octanol–water partition coefficient (Wildman–Crippen LogP) is 4.48. The van der Waals surface area contributed by atoms with Crippen LogP contribution in [0.3, 0.4) is 0 Å². The molecule has 0 atom stereocenters. The van der Waals surface area contributed by atoms with Gasteiger partial charge in [-0.25, -0.2) is 0 Å². The van der Waals surface area contributed by atoms with E-state index in [4.69, 9.17) is 28.9 Å². The zero-order chi connectivity index (χ0) is 12.4. The summed E-state index contributed by atoms with van der Waals surface area (Å²) in [5.41, 5.74) is 7.67. The van der Waals surface area contributed by atoms with Crippen LogP contribution in [0.4, 0.5) is 17.1 Å². The molecule has 1 heterocycles. The average molecular weight is 333 g/mol. The van der Waals surface area contributed by atoms with Crippen LogP contribution in [-0.4, -0.2) is 4.98 Å². The van der Waals surface area contributed by atoms with Crippen molar-refractivity contribution in [2.45, 2.75) is 0 Å². The smallest absolute Gasteiger partial charge is 0.0838 e. The quantitative estimate of drug-likeness (QED) is 0.797. The first kappa shape index (κ1) is 12.5. The summed E-state index contributed by atoms with van der Waals surface area (Å²) in [6.45, 7) is 0. The van der Waals surface area contributed by atoms with Crippen molar-refractivity contribution in [3.05, 3.63) is 45.1 Å². The van der Waals surface area contributed by atoms with Crippen LogP contribution in [0.15, 0.2) is 35.1 Å². The van der Waals surface area contributed by atoms with Crippen LogP contribution >= 0.6 is 39.1 Å². The second-order valence-electron chi connectivity index (χ2n) is 3.35. The third kappa shape index (κ3) is 2.83. The summed E-state index contributed by atoms with van der Waals surface area (Å²) < 4.78 is 0.750. The van der Waals surface area contributed by atoms with Gasteiger partial charge in [0.15, 0.2) is 0 Å². The molecule has 3 N–H and O–H groups in total. The number of nitrogens with zero attached hydrogens (tertiary/aromatic N) is 1. The van der Waals surface area contributed by atoms with Gasteiger partial charge in [-0.05, 0) is 34.1 Å². The van der Waals surface area contributed by atoms with Gasteiger partial charge in [0.25, 0.3) is 0 Å². The maximum Gasteiger partial charge on any atom is 0.0838 e. The van der Waals surface area contributed by atoms with Gasteiger partial charge in [0.1, 0.15) is 0 Å². The Labute approximate surface area is 117 Å². The highest BCUT2D eigenvalue weighted by atomic mass is 79.9. The molecule has 0 saturated heterocycles. The predicted molar refractivity (Wildman–Crippen MR) is 76.1 cm³/mol. The molecule has 1 aromatic heterocycles. The van der Waals surface area contributed by atoms with Crippen molar-refractivity contribution < 1.29 is 0 Å². The first-order valence-corrected chi connectivity index (χ1v) is 6.24. The van der Waals surface area contributed by atoms with Crippen molar-refractivity contribution >= 4 is 56.2 Å². The fraction of sp³-hybridized carbons (Fsp3) is 0. The number of anilines is 3. The molecule has 0 aliphatic rings. The van der Waals surface area contributed by atoms with Crippen molar-refractivity contribution in [2.75, 3.05) is 11.1 Å². The number of hydrogen-bond donors (Lipinski definition) is 2. The Bertz CT molecular complexity index is 560. The van der Waals surface area contributed by atoms with Crippen molar-refractivity contribution in [1.82, 2.24) is 4.98 Å². The number of nitrogens with two attached hydrogens (primary N) is 1. The number of nitrogen functional groups attached to an aromatic ring is 1. The monoisotopic (exact) mass is 331 g/mol. The molecule has 2 aromatic rings. The molecule has 0 saturated carbocycles. The van der Waals surface area contributed by atoms with Crippen molar-refractivity contribution in [3.63, 3.8) is 0 Å². The van der Waals surface area contributed by atoms with Crippen LogP contribution in [0.25, 0.3) is 0 Å². The molecule has 1 aromatic carbocycles. The van der Waals surface area contributed by atoms with Gasteiger partial charge in [0.2, 0.25) is 0 Å². The molecule has 3 nitrogen and oxygen atoms in total. The minimum atomic E-state index is 0.448. The number of hydrogen-bond acceptors (Lipinski definition) is 3. The summed E-state index contributed by atoms with van der Waals surface area (Å²) >= 11 is 15.4. The Morgan fingerprint density at radius 1 is 1.18 bits per heavy atom. The second kappa shape index (κ2) is 5.12. The lowest BCUT2D eigenvalue weighted by Gasteiger charge is -2.10. The zero-order valence-corrected chi connectivity index (χ0v) is 11.6. The van der Waals surface area contributed by atoms with E-state index in [1.54, 1.807) is 18.5 Å². The van der Waals surface area contributed by atoms with E-state index in [-0.39, 0.29) is 0 Å². The van der Waals surface area contributed by atoms with Gasteiger partial charge in [0, 0.05) is 10.7 Å². The molecular weight excluding hydrogens is 325 g/mol. The Balaban J connectivity index is 2.34. The number of aromatic nitrogens is 1.